The summed E-state index contributed by atoms with van der Waals surface area (Å²) in [5.74, 6) is 0.831. The van der Waals surface area contributed by atoms with Crippen molar-refractivity contribution in [2.24, 2.45) is 11.7 Å². The molecule has 1 saturated carbocycles. The van der Waals surface area contributed by atoms with Crippen LogP contribution in [0.1, 0.15) is 25.5 Å². The van der Waals surface area contributed by atoms with Crippen molar-refractivity contribution in [2.45, 2.75) is 32.4 Å². The molecule has 0 bridgehead atoms. The summed E-state index contributed by atoms with van der Waals surface area (Å²) in [7, 11) is 1.74. The van der Waals surface area contributed by atoms with E-state index in [0.29, 0.717) is 12.6 Å². The highest BCUT2D eigenvalue weighted by atomic mass is 32.1. The zero-order valence-corrected chi connectivity index (χ0v) is 11.4. The van der Waals surface area contributed by atoms with Crippen molar-refractivity contribution in [2.75, 3.05) is 25.2 Å². The molecular formula is C12H21N3OS. The fourth-order valence-corrected chi connectivity index (χ4v) is 2.97. The van der Waals surface area contributed by atoms with E-state index in [1.54, 1.807) is 18.4 Å². The molecule has 0 aliphatic heterocycles. The highest BCUT2D eigenvalue weighted by molar-refractivity contribution is 7.13. The molecule has 17 heavy (non-hydrogen) atoms. The van der Waals surface area contributed by atoms with Crippen molar-refractivity contribution < 1.29 is 4.74 Å². The lowest BCUT2D eigenvalue weighted by Crippen LogP contribution is -2.37. The number of aromatic nitrogens is 1. The van der Waals surface area contributed by atoms with E-state index in [-0.39, 0.29) is 0 Å². The molecule has 0 spiro atoms. The summed E-state index contributed by atoms with van der Waals surface area (Å²) in [4.78, 5) is 6.94. The van der Waals surface area contributed by atoms with Crippen LogP contribution in [0.25, 0.3) is 0 Å². The first kappa shape index (κ1) is 12.8. The number of methoxy groups -OCH3 is 1. The monoisotopic (exact) mass is 255 g/mol. The van der Waals surface area contributed by atoms with E-state index in [4.69, 9.17) is 10.5 Å². The predicted octanol–water partition coefficient (Wildman–Crippen LogP) is 1.85. The molecule has 1 fully saturated rings. The first-order chi connectivity index (χ1) is 8.26. The number of thiazole rings is 1. The molecule has 1 aliphatic carbocycles. The van der Waals surface area contributed by atoms with Crippen LogP contribution >= 0.6 is 11.3 Å². The van der Waals surface area contributed by atoms with Gasteiger partial charge in [-0.15, -0.1) is 11.3 Å². The Morgan fingerprint density at radius 2 is 2.41 bits per heavy atom. The molecule has 1 aromatic heterocycles. The van der Waals surface area contributed by atoms with Crippen LogP contribution in [0.3, 0.4) is 0 Å². The zero-order valence-electron chi connectivity index (χ0n) is 10.6. The quantitative estimate of drug-likeness (QED) is 0.808. The molecule has 4 nitrogen and oxygen atoms in total. The molecule has 0 radical (unpaired) electrons. The standard InChI is InChI=1S/C12H21N3OS/c1-9(10-3-4-10)15(5-6-16-2)12-14-11(7-13)8-17-12/h8-10H,3-7,13H2,1-2H3. The zero-order chi connectivity index (χ0) is 12.3. The molecule has 1 atom stereocenters. The third-order valence-corrected chi connectivity index (χ3v) is 4.25. The Bertz CT molecular complexity index is 351. The number of rotatable bonds is 7. The van der Waals surface area contributed by atoms with Gasteiger partial charge in [-0.3, -0.25) is 0 Å². The number of hydrogen-bond acceptors (Lipinski definition) is 5. The fraction of sp³-hybridized carbons (Fsp3) is 0.750. The van der Waals surface area contributed by atoms with Gasteiger partial charge in [0.05, 0.1) is 12.3 Å². The average molecular weight is 255 g/mol. The normalized spacial score (nSPS) is 17.1. The third kappa shape index (κ3) is 3.18. The lowest BCUT2D eigenvalue weighted by atomic mass is 10.2. The minimum atomic E-state index is 0.520. The first-order valence-electron chi connectivity index (χ1n) is 6.16. The van der Waals surface area contributed by atoms with Crippen LogP contribution in [0, 0.1) is 5.92 Å². The summed E-state index contributed by atoms with van der Waals surface area (Å²) in [6.07, 6.45) is 2.69. The van der Waals surface area contributed by atoms with Gasteiger partial charge in [0.1, 0.15) is 0 Å². The SMILES string of the molecule is COCCN(c1nc(CN)cs1)C(C)C1CC1. The molecule has 1 heterocycles. The Morgan fingerprint density at radius 1 is 1.65 bits per heavy atom. The predicted molar refractivity (Wildman–Crippen MR) is 71.4 cm³/mol. The number of nitrogens with two attached hydrogens (primary N) is 1. The summed E-state index contributed by atoms with van der Waals surface area (Å²) in [6.45, 7) is 4.46. The summed E-state index contributed by atoms with van der Waals surface area (Å²) in [6, 6.07) is 0.557. The van der Waals surface area contributed by atoms with E-state index in [2.05, 4.69) is 22.2 Å². The first-order valence-corrected chi connectivity index (χ1v) is 7.04. The number of ether oxygens (including phenoxy) is 1. The molecule has 0 aromatic carbocycles. The topological polar surface area (TPSA) is 51.4 Å². The van der Waals surface area contributed by atoms with E-state index in [1.165, 1.54) is 12.8 Å². The molecule has 1 unspecified atom stereocenters. The largest absolute Gasteiger partial charge is 0.383 e. The van der Waals surface area contributed by atoms with Gasteiger partial charge in [-0.05, 0) is 25.7 Å². The number of hydrogen-bond donors (Lipinski definition) is 1. The van der Waals surface area contributed by atoms with E-state index in [1.807, 2.05) is 0 Å². The summed E-state index contributed by atoms with van der Waals surface area (Å²) >= 11 is 1.69. The van der Waals surface area contributed by atoms with Crippen LogP contribution in [0.5, 0.6) is 0 Å². The number of nitrogens with zero attached hydrogens (tertiary/aromatic N) is 2. The third-order valence-electron chi connectivity index (χ3n) is 3.33. The summed E-state index contributed by atoms with van der Waals surface area (Å²) < 4.78 is 5.19. The smallest absolute Gasteiger partial charge is 0.185 e. The average Bonchev–Trinajstić information content (AvgIpc) is 3.09. The maximum Gasteiger partial charge on any atom is 0.185 e. The van der Waals surface area contributed by atoms with Gasteiger partial charge in [-0.1, -0.05) is 0 Å². The highest BCUT2D eigenvalue weighted by Gasteiger charge is 2.33. The van der Waals surface area contributed by atoms with Crippen LogP contribution in [0.4, 0.5) is 5.13 Å². The lowest BCUT2D eigenvalue weighted by molar-refractivity contribution is 0.202. The molecule has 0 amide bonds. The van der Waals surface area contributed by atoms with Gasteiger partial charge in [0.15, 0.2) is 5.13 Å². The second-order valence-corrected chi connectivity index (χ2v) is 5.43. The van der Waals surface area contributed by atoms with Crippen LogP contribution in [0.15, 0.2) is 5.38 Å². The van der Waals surface area contributed by atoms with Gasteiger partial charge in [0.2, 0.25) is 0 Å². The van der Waals surface area contributed by atoms with E-state index in [0.717, 1.165) is 29.9 Å². The van der Waals surface area contributed by atoms with Crippen molar-refractivity contribution in [3.8, 4) is 0 Å². The van der Waals surface area contributed by atoms with Crippen LogP contribution < -0.4 is 10.6 Å². The Hall–Kier alpha value is -0.650. The van der Waals surface area contributed by atoms with Gasteiger partial charge in [0, 0.05) is 31.6 Å². The van der Waals surface area contributed by atoms with E-state index < -0.39 is 0 Å². The molecule has 0 saturated heterocycles. The maximum atomic E-state index is 5.61. The molecule has 96 valence electrons. The Labute approximate surface area is 107 Å². The number of anilines is 1. The van der Waals surface area contributed by atoms with Crippen molar-refractivity contribution >= 4 is 16.5 Å². The summed E-state index contributed by atoms with van der Waals surface area (Å²) in [5, 5.41) is 3.14. The molecule has 1 aromatic rings. The van der Waals surface area contributed by atoms with Gasteiger partial charge in [0.25, 0.3) is 0 Å². The molecule has 2 N–H and O–H groups in total. The van der Waals surface area contributed by atoms with E-state index >= 15 is 0 Å². The highest BCUT2D eigenvalue weighted by Crippen LogP contribution is 2.37. The molecule has 2 rings (SSSR count). The fourth-order valence-electron chi connectivity index (χ4n) is 2.02. The maximum absolute atomic E-state index is 5.61. The Morgan fingerprint density at radius 3 is 2.94 bits per heavy atom. The molecule has 1 aliphatic rings. The van der Waals surface area contributed by atoms with Crippen molar-refractivity contribution in [3.63, 3.8) is 0 Å². The van der Waals surface area contributed by atoms with Gasteiger partial charge in [-0.2, -0.15) is 0 Å². The second kappa shape index (κ2) is 5.80. The van der Waals surface area contributed by atoms with Crippen molar-refractivity contribution in [1.82, 2.24) is 4.98 Å². The lowest BCUT2D eigenvalue weighted by Gasteiger charge is -2.28. The second-order valence-electron chi connectivity index (χ2n) is 4.59. The Balaban J connectivity index is 2.07. The van der Waals surface area contributed by atoms with Crippen molar-refractivity contribution in [3.05, 3.63) is 11.1 Å². The minimum absolute atomic E-state index is 0.520. The van der Waals surface area contributed by atoms with Crippen LogP contribution in [0.2, 0.25) is 0 Å². The van der Waals surface area contributed by atoms with E-state index in [9.17, 15) is 0 Å². The minimum Gasteiger partial charge on any atom is -0.383 e. The van der Waals surface area contributed by atoms with Crippen LogP contribution in [-0.2, 0) is 11.3 Å². The van der Waals surface area contributed by atoms with Gasteiger partial charge >= 0.3 is 0 Å². The summed E-state index contributed by atoms with van der Waals surface area (Å²) in [5.41, 5.74) is 6.59. The van der Waals surface area contributed by atoms with Gasteiger partial charge in [-0.25, -0.2) is 4.98 Å². The Kier molecular flexibility index (Phi) is 4.36. The molecule has 5 heteroatoms. The van der Waals surface area contributed by atoms with Crippen molar-refractivity contribution in [1.29, 1.82) is 0 Å². The molecular weight excluding hydrogens is 234 g/mol. The van der Waals surface area contributed by atoms with Gasteiger partial charge < -0.3 is 15.4 Å². The van der Waals surface area contributed by atoms with Crippen LogP contribution in [-0.4, -0.2) is 31.3 Å².